The summed E-state index contributed by atoms with van der Waals surface area (Å²) in [5, 5.41) is 0.985. The third-order valence-corrected chi connectivity index (χ3v) is 2.67. The topological polar surface area (TPSA) is 30.0 Å². The second-order valence-electron chi connectivity index (χ2n) is 2.89. The van der Waals surface area contributed by atoms with Crippen molar-refractivity contribution in [2.45, 2.75) is 19.8 Å². The second kappa shape index (κ2) is 4.96. The molecule has 0 aromatic carbocycles. The number of aromatic nitrogens is 1. The molecule has 0 unspecified atom stereocenters. The number of aryl methyl sites for hydroxylation is 1. The summed E-state index contributed by atoms with van der Waals surface area (Å²) in [4.78, 5) is 14.7. The van der Waals surface area contributed by atoms with Crippen molar-refractivity contribution in [3.63, 3.8) is 0 Å². The van der Waals surface area contributed by atoms with Crippen molar-refractivity contribution in [1.29, 1.82) is 0 Å². The lowest BCUT2D eigenvalue weighted by Crippen LogP contribution is -1.98. The van der Waals surface area contributed by atoms with E-state index in [9.17, 15) is 4.79 Å². The quantitative estimate of drug-likeness (QED) is 0.770. The molecule has 0 fully saturated rings. The Bertz CT molecular complexity index is 365. The van der Waals surface area contributed by atoms with Crippen molar-refractivity contribution in [3.8, 4) is 0 Å². The van der Waals surface area contributed by atoms with Crippen molar-refractivity contribution < 1.29 is 4.79 Å². The van der Waals surface area contributed by atoms with Crippen LogP contribution in [0.15, 0.2) is 6.07 Å². The molecule has 76 valence electrons. The lowest BCUT2D eigenvalue weighted by molar-refractivity contribution is -0.116. The molecule has 1 aromatic heterocycles. The Kier molecular flexibility index (Phi) is 4.17. The van der Waals surface area contributed by atoms with Gasteiger partial charge in [-0.1, -0.05) is 34.8 Å². The SMILES string of the molecule is CC(=O)CCc1nc(Cl)c(Cl)cc1Cl. The highest BCUT2D eigenvalue weighted by molar-refractivity contribution is 6.42. The van der Waals surface area contributed by atoms with Crippen LogP contribution in [0.4, 0.5) is 0 Å². The Morgan fingerprint density at radius 3 is 2.57 bits per heavy atom. The van der Waals surface area contributed by atoms with Gasteiger partial charge in [0.25, 0.3) is 0 Å². The standard InChI is InChI=1S/C9H8Cl3NO/c1-5(14)2-3-8-6(10)4-7(11)9(12)13-8/h4H,2-3H2,1H3. The number of Topliss-reactive ketones (excluding diaryl/α,β-unsaturated/α-hetero) is 1. The first-order valence-corrected chi connectivity index (χ1v) is 5.14. The van der Waals surface area contributed by atoms with Gasteiger partial charge in [-0.15, -0.1) is 0 Å². The van der Waals surface area contributed by atoms with Gasteiger partial charge in [-0.2, -0.15) is 0 Å². The third-order valence-electron chi connectivity index (χ3n) is 1.67. The molecule has 0 aliphatic rings. The zero-order valence-electron chi connectivity index (χ0n) is 7.48. The Morgan fingerprint density at radius 2 is 2.00 bits per heavy atom. The van der Waals surface area contributed by atoms with Crippen molar-refractivity contribution in [2.24, 2.45) is 0 Å². The molecule has 2 nitrogen and oxygen atoms in total. The summed E-state index contributed by atoms with van der Waals surface area (Å²) >= 11 is 17.3. The number of carbonyl (C=O) groups is 1. The number of rotatable bonds is 3. The minimum absolute atomic E-state index is 0.0916. The maximum Gasteiger partial charge on any atom is 0.148 e. The van der Waals surface area contributed by atoms with E-state index in [4.69, 9.17) is 34.8 Å². The van der Waals surface area contributed by atoms with E-state index in [1.165, 1.54) is 13.0 Å². The summed E-state index contributed by atoms with van der Waals surface area (Å²) in [6.07, 6.45) is 0.899. The first-order chi connectivity index (χ1) is 6.50. The van der Waals surface area contributed by atoms with Gasteiger partial charge in [0.2, 0.25) is 0 Å². The smallest absolute Gasteiger partial charge is 0.148 e. The number of ketones is 1. The van der Waals surface area contributed by atoms with Gasteiger partial charge in [-0.05, 0) is 19.4 Å². The largest absolute Gasteiger partial charge is 0.300 e. The first-order valence-electron chi connectivity index (χ1n) is 4.00. The van der Waals surface area contributed by atoms with E-state index < -0.39 is 0 Å². The minimum Gasteiger partial charge on any atom is -0.300 e. The maximum absolute atomic E-state index is 10.8. The fourth-order valence-electron chi connectivity index (χ4n) is 0.949. The molecule has 0 saturated heterocycles. The zero-order valence-corrected chi connectivity index (χ0v) is 9.75. The van der Waals surface area contributed by atoms with Crippen molar-refractivity contribution >= 4 is 40.6 Å². The van der Waals surface area contributed by atoms with Gasteiger partial charge in [-0.25, -0.2) is 4.98 Å². The van der Waals surface area contributed by atoms with Gasteiger partial charge in [0.1, 0.15) is 10.9 Å². The molecule has 5 heteroatoms. The molecule has 0 atom stereocenters. The Labute approximate surface area is 97.2 Å². The van der Waals surface area contributed by atoms with Crippen LogP contribution >= 0.6 is 34.8 Å². The lowest BCUT2D eigenvalue weighted by atomic mass is 10.2. The lowest BCUT2D eigenvalue weighted by Gasteiger charge is -2.03. The van der Waals surface area contributed by atoms with Gasteiger partial charge in [0, 0.05) is 6.42 Å². The monoisotopic (exact) mass is 251 g/mol. The molecule has 14 heavy (non-hydrogen) atoms. The van der Waals surface area contributed by atoms with E-state index in [-0.39, 0.29) is 10.9 Å². The fourth-order valence-corrected chi connectivity index (χ4v) is 1.56. The highest BCUT2D eigenvalue weighted by atomic mass is 35.5. The van der Waals surface area contributed by atoms with Crippen LogP contribution in [-0.2, 0) is 11.2 Å². The van der Waals surface area contributed by atoms with Gasteiger partial charge in [-0.3, -0.25) is 0 Å². The molecule has 0 radical (unpaired) electrons. The molecule has 0 amide bonds. The van der Waals surface area contributed by atoms with Crippen LogP contribution in [-0.4, -0.2) is 10.8 Å². The summed E-state index contributed by atoms with van der Waals surface area (Å²) in [6, 6.07) is 1.54. The van der Waals surface area contributed by atoms with E-state index in [2.05, 4.69) is 4.98 Å². The summed E-state index contributed by atoms with van der Waals surface area (Å²) in [6.45, 7) is 1.52. The number of hydrogen-bond acceptors (Lipinski definition) is 2. The van der Waals surface area contributed by atoms with Crippen molar-refractivity contribution in [3.05, 3.63) is 27.0 Å². The summed E-state index contributed by atoms with van der Waals surface area (Å²) in [5.74, 6) is 0.0916. The normalized spacial score (nSPS) is 10.3. The van der Waals surface area contributed by atoms with Crippen LogP contribution in [0.2, 0.25) is 15.2 Å². The molecule has 0 saturated carbocycles. The van der Waals surface area contributed by atoms with Crippen molar-refractivity contribution in [2.75, 3.05) is 0 Å². The molecule has 1 aromatic rings. The second-order valence-corrected chi connectivity index (χ2v) is 4.06. The minimum atomic E-state index is 0.0916. The highest BCUT2D eigenvalue weighted by Gasteiger charge is 2.08. The van der Waals surface area contributed by atoms with E-state index in [0.717, 1.165) is 0 Å². The predicted molar refractivity (Wildman–Crippen MR) is 58.3 cm³/mol. The van der Waals surface area contributed by atoms with Gasteiger partial charge < -0.3 is 4.79 Å². The van der Waals surface area contributed by atoms with Crippen LogP contribution in [0, 0.1) is 0 Å². The maximum atomic E-state index is 10.8. The molecule has 1 rings (SSSR count). The number of carbonyl (C=O) groups excluding carboxylic acids is 1. The molecule has 1 heterocycles. The van der Waals surface area contributed by atoms with E-state index >= 15 is 0 Å². The highest BCUT2D eigenvalue weighted by Crippen LogP contribution is 2.26. The average molecular weight is 253 g/mol. The predicted octanol–water partition coefficient (Wildman–Crippen LogP) is 3.56. The molecule has 0 N–H and O–H groups in total. The molecule has 0 bridgehead atoms. The molecular formula is C9H8Cl3NO. The van der Waals surface area contributed by atoms with Gasteiger partial charge >= 0.3 is 0 Å². The van der Waals surface area contributed by atoms with E-state index in [0.29, 0.717) is 28.6 Å². The number of hydrogen-bond donors (Lipinski definition) is 0. The van der Waals surface area contributed by atoms with Crippen molar-refractivity contribution in [1.82, 2.24) is 4.98 Å². The summed E-state index contributed by atoms with van der Waals surface area (Å²) in [7, 11) is 0. The average Bonchev–Trinajstić information content (AvgIpc) is 2.09. The molecule has 0 spiro atoms. The fraction of sp³-hybridized carbons (Fsp3) is 0.333. The third kappa shape index (κ3) is 3.12. The van der Waals surface area contributed by atoms with Crippen LogP contribution in [0.5, 0.6) is 0 Å². The number of pyridine rings is 1. The van der Waals surface area contributed by atoms with Gasteiger partial charge in [0.05, 0.1) is 15.7 Å². The van der Waals surface area contributed by atoms with Crippen LogP contribution in [0.1, 0.15) is 19.0 Å². The Morgan fingerprint density at radius 1 is 1.36 bits per heavy atom. The summed E-state index contributed by atoms with van der Waals surface area (Å²) < 4.78 is 0. The van der Waals surface area contributed by atoms with Crippen LogP contribution < -0.4 is 0 Å². The molecule has 0 aliphatic carbocycles. The number of nitrogens with zero attached hydrogens (tertiary/aromatic N) is 1. The van der Waals surface area contributed by atoms with E-state index in [1.54, 1.807) is 0 Å². The van der Waals surface area contributed by atoms with Crippen LogP contribution in [0.3, 0.4) is 0 Å². The van der Waals surface area contributed by atoms with E-state index in [1.807, 2.05) is 0 Å². The van der Waals surface area contributed by atoms with Crippen LogP contribution in [0.25, 0.3) is 0 Å². The molecular weight excluding hydrogens is 244 g/mol. The molecule has 0 aliphatic heterocycles. The zero-order chi connectivity index (χ0) is 10.7. The first kappa shape index (κ1) is 11.8. The Hall–Kier alpha value is -0.310. The van der Waals surface area contributed by atoms with Gasteiger partial charge in [0.15, 0.2) is 0 Å². The summed E-state index contributed by atoms with van der Waals surface area (Å²) in [5.41, 5.74) is 0.608. The Balaban J connectivity index is 2.87. The number of halogens is 3.